The van der Waals surface area contributed by atoms with Crippen molar-refractivity contribution in [3.63, 3.8) is 0 Å². The summed E-state index contributed by atoms with van der Waals surface area (Å²) in [6.45, 7) is 6.23. The maximum Gasteiger partial charge on any atom is 0.158 e. The Morgan fingerprint density at radius 1 is 1.53 bits per heavy atom. The van der Waals surface area contributed by atoms with Crippen molar-refractivity contribution < 1.29 is 14.6 Å². The molecular weight excluding hydrogens is 240 g/mol. The van der Waals surface area contributed by atoms with Gasteiger partial charge < -0.3 is 9.84 Å². The minimum atomic E-state index is 0.161. The van der Waals surface area contributed by atoms with E-state index in [-0.39, 0.29) is 17.5 Å². The van der Waals surface area contributed by atoms with Crippen molar-refractivity contribution in [1.29, 1.82) is 0 Å². The van der Waals surface area contributed by atoms with E-state index >= 15 is 0 Å². The van der Waals surface area contributed by atoms with Gasteiger partial charge in [0.05, 0.1) is 0 Å². The summed E-state index contributed by atoms with van der Waals surface area (Å²) in [5.74, 6) is 1.13. The van der Waals surface area contributed by atoms with E-state index in [1.807, 2.05) is 13.0 Å². The first-order chi connectivity index (χ1) is 9.06. The first-order valence-electron chi connectivity index (χ1n) is 6.35. The first-order valence-corrected chi connectivity index (χ1v) is 6.35. The second kappa shape index (κ2) is 5.74. The van der Waals surface area contributed by atoms with Gasteiger partial charge in [-0.25, -0.2) is 0 Å². The third kappa shape index (κ3) is 3.47. The monoisotopic (exact) mass is 258 g/mol. The minimum absolute atomic E-state index is 0.161. The van der Waals surface area contributed by atoms with Crippen LogP contribution in [0, 0.1) is 5.92 Å². The predicted molar refractivity (Wildman–Crippen MR) is 74.2 cm³/mol. The number of aromatic hydroxyl groups is 1. The van der Waals surface area contributed by atoms with Gasteiger partial charge in [-0.05, 0) is 42.5 Å². The third-order valence-electron chi connectivity index (χ3n) is 3.40. The number of carbonyl (C=O) groups is 1. The molecule has 3 nitrogen and oxygen atoms in total. The number of rotatable bonds is 4. The van der Waals surface area contributed by atoms with E-state index in [1.165, 1.54) is 0 Å². The molecule has 1 N–H and O–H groups in total. The molecule has 0 heterocycles. The molecular formula is C16H18O3. The normalized spacial score (nSPS) is 18.9. The quantitative estimate of drug-likeness (QED) is 0.843. The zero-order valence-electron chi connectivity index (χ0n) is 11.1. The van der Waals surface area contributed by atoms with Crippen molar-refractivity contribution in [2.45, 2.75) is 19.8 Å². The zero-order valence-corrected chi connectivity index (χ0v) is 11.1. The molecule has 1 aromatic rings. The molecule has 0 amide bonds. The van der Waals surface area contributed by atoms with Gasteiger partial charge in [0.1, 0.15) is 18.1 Å². The van der Waals surface area contributed by atoms with Crippen LogP contribution in [-0.2, 0) is 4.79 Å². The second-order valence-electron chi connectivity index (χ2n) is 4.89. The number of hydrogen-bond donors (Lipinski definition) is 1. The molecule has 1 aromatic carbocycles. The molecule has 0 unspecified atom stereocenters. The number of Topliss-reactive ketones (excluding diaryl/α,β-unsaturated/α-hetero) is 1. The first kappa shape index (κ1) is 13.4. The molecule has 19 heavy (non-hydrogen) atoms. The summed E-state index contributed by atoms with van der Waals surface area (Å²) in [6.07, 6.45) is 3.33. The lowest BCUT2D eigenvalue weighted by molar-refractivity contribution is -0.116. The lowest BCUT2D eigenvalue weighted by Gasteiger charge is -2.22. The Kier molecular flexibility index (Phi) is 4.05. The van der Waals surface area contributed by atoms with E-state index in [2.05, 4.69) is 6.58 Å². The van der Waals surface area contributed by atoms with E-state index in [0.717, 1.165) is 17.6 Å². The molecule has 0 radical (unpaired) electrons. The number of hydrogen-bond acceptors (Lipinski definition) is 3. The summed E-state index contributed by atoms with van der Waals surface area (Å²) >= 11 is 0. The summed E-state index contributed by atoms with van der Waals surface area (Å²) in [7, 11) is 0. The molecule has 0 bridgehead atoms. The summed E-state index contributed by atoms with van der Waals surface area (Å²) < 4.78 is 5.57. The highest BCUT2D eigenvalue weighted by Crippen LogP contribution is 2.27. The van der Waals surface area contributed by atoms with Crippen LogP contribution < -0.4 is 4.74 Å². The molecule has 2 rings (SSSR count). The fourth-order valence-electron chi connectivity index (χ4n) is 2.08. The van der Waals surface area contributed by atoms with Crippen LogP contribution in [0.15, 0.2) is 48.1 Å². The number of carbonyl (C=O) groups excluding carboxylic acids is 1. The summed E-state index contributed by atoms with van der Waals surface area (Å²) in [5, 5.41) is 9.34. The van der Waals surface area contributed by atoms with Gasteiger partial charge in [0, 0.05) is 12.5 Å². The number of ether oxygens (including phenoxy) is 1. The lowest BCUT2D eigenvalue weighted by Crippen LogP contribution is -2.18. The molecule has 1 aliphatic rings. The van der Waals surface area contributed by atoms with Gasteiger partial charge in [0.25, 0.3) is 0 Å². The largest absolute Gasteiger partial charge is 0.508 e. The number of phenols is 1. The average molecular weight is 258 g/mol. The van der Waals surface area contributed by atoms with Crippen molar-refractivity contribution in [3.05, 3.63) is 48.1 Å². The van der Waals surface area contributed by atoms with Crippen LogP contribution in [-0.4, -0.2) is 17.5 Å². The van der Waals surface area contributed by atoms with Gasteiger partial charge in [0.2, 0.25) is 0 Å². The predicted octanol–water partition coefficient (Wildman–Crippen LogP) is 3.25. The van der Waals surface area contributed by atoms with E-state index < -0.39 is 0 Å². The summed E-state index contributed by atoms with van der Waals surface area (Å²) in [6, 6.07) is 6.66. The van der Waals surface area contributed by atoms with Crippen molar-refractivity contribution in [3.8, 4) is 11.5 Å². The highest BCUT2D eigenvalue weighted by molar-refractivity contribution is 5.95. The smallest absolute Gasteiger partial charge is 0.158 e. The Hall–Kier alpha value is -2.03. The van der Waals surface area contributed by atoms with E-state index in [1.54, 1.807) is 24.3 Å². The summed E-state index contributed by atoms with van der Waals surface area (Å²) in [4.78, 5) is 11.6. The topological polar surface area (TPSA) is 46.5 Å². The molecule has 100 valence electrons. The van der Waals surface area contributed by atoms with Crippen molar-refractivity contribution in [2.24, 2.45) is 5.92 Å². The van der Waals surface area contributed by atoms with Crippen LogP contribution in [0.3, 0.4) is 0 Å². The fourth-order valence-corrected chi connectivity index (χ4v) is 2.08. The Morgan fingerprint density at radius 3 is 3.00 bits per heavy atom. The highest BCUT2D eigenvalue weighted by Gasteiger charge is 2.21. The number of ketones is 1. The van der Waals surface area contributed by atoms with E-state index in [4.69, 9.17) is 4.74 Å². The van der Waals surface area contributed by atoms with E-state index in [9.17, 15) is 9.90 Å². The van der Waals surface area contributed by atoms with Gasteiger partial charge in [-0.2, -0.15) is 0 Å². The molecule has 3 heteroatoms. The Balaban J connectivity index is 1.90. The Labute approximate surface area is 113 Å². The van der Waals surface area contributed by atoms with Crippen LogP contribution in [0.2, 0.25) is 0 Å². The van der Waals surface area contributed by atoms with E-state index in [0.29, 0.717) is 18.8 Å². The highest BCUT2D eigenvalue weighted by atomic mass is 16.5. The maximum absolute atomic E-state index is 11.6. The SMILES string of the molecule is C=C(COc1cccc(O)c1)[C@@H]1CC=C(C)C(=O)C1. The minimum Gasteiger partial charge on any atom is -0.508 e. The molecule has 0 saturated carbocycles. The number of benzene rings is 1. The third-order valence-corrected chi connectivity index (χ3v) is 3.40. The molecule has 0 aromatic heterocycles. The Morgan fingerprint density at radius 2 is 2.32 bits per heavy atom. The second-order valence-corrected chi connectivity index (χ2v) is 4.89. The van der Waals surface area contributed by atoms with Gasteiger partial charge in [-0.15, -0.1) is 0 Å². The van der Waals surface area contributed by atoms with Crippen LogP contribution in [0.4, 0.5) is 0 Å². The molecule has 1 atom stereocenters. The number of phenolic OH excluding ortho intramolecular Hbond substituents is 1. The molecule has 0 fully saturated rings. The van der Waals surface area contributed by atoms with Gasteiger partial charge in [0.15, 0.2) is 5.78 Å². The Bertz CT molecular complexity index is 529. The van der Waals surface area contributed by atoms with Crippen LogP contribution in [0.1, 0.15) is 19.8 Å². The van der Waals surface area contributed by atoms with Crippen molar-refractivity contribution in [1.82, 2.24) is 0 Å². The molecule has 1 aliphatic carbocycles. The van der Waals surface area contributed by atoms with Gasteiger partial charge in [-0.3, -0.25) is 4.79 Å². The molecule has 0 spiro atoms. The molecule has 0 saturated heterocycles. The fraction of sp³-hybridized carbons (Fsp3) is 0.312. The lowest BCUT2D eigenvalue weighted by atomic mass is 9.85. The standard InChI is InChI=1S/C16H18O3/c1-11-6-7-13(8-16(11)18)12(2)10-19-15-5-3-4-14(17)9-15/h3-6,9,13,17H,2,7-8,10H2,1H3/t13-/m1/s1. The van der Waals surface area contributed by atoms with Gasteiger partial charge >= 0.3 is 0 Å². The van der Waals surface area contributed by atoms with Crippen LogP contribution in [0.25, 0.3) is 0 Å². The number of allylic oxidation sites excluding steroid dienone is 2. The van der Waals surface area contributed by atoms with Crippen molar-refractivity contribution >= 4 is 5.78 Å². The zero-order chi connectivity index (χ0) is 13.8. The van der Waals surface area contributed by atoms with Gasteiger partial charge in [-0.1, -0.05) is 18.7 Å². The average Bonchev–Trinajstić information content (AvgIpc) is 2.39. The maximum atomic E-state index is 11.6. The van der Waals surface area contributed by atoms with Crippen LogP contribution in [0.5, 0.6) is 11.5 Å². The van der Waals surface area contributed by atoms with Crippen LogP contribution >= 0.6 is 0 Å². The molecule has 0 aliphatic heterocycles. The van der Waals surface area contributed by atoms with Crippen molar-refractivity contribution in [2.75, 3.05) is 6.61 Å². The summed E-state index contributed by atoms with van der Waals surface area (Å²) in [5.41, 5.74) is 1.76.